The summed E-state index contributed by atoms with van der Waals surface area (Å²) in [4.78, 5) is 14.0. The van der Waals surface area contributed by atoms with Gasteiger partial charge < -0.3 is 15.8 Å². The van der Waals surface area contributed by atoms with Crippen LogP contribution in [0.1, 0.15) is 33.6 Å². The molecule has 1 saturated heterocycles. The number of hydrogen-bond acceptors (Lipinski definition) is 4. The highest BCUT2D eigenvalue weighted by Gasteiger charge is 2.33. The molecule has 0 spiro atoms. The van der Waals surface area contributed by atoms with Crippen molar-refractivity contribution < 1.29 is 9.53 Å². The highest BCUT2D eigenvalue weighted by Crippen LogP contribution is 2.17. The van der Waals surface area contributed by atoms with Crippen molar-refractivity contribution in [3.05, 3.63) is 0 Å². The van der Waals surface area contributed by atoms with Crippen molar-refractivity contribution in [3.63, 3.8) is 0 Å². The zero-order valence-corrected chi connectivity index (χ0v) is 11.9. The third-order valence-corrected chi connectivity index (χ3v) is 3.69. The first-order valence-corrected chi connectivity index (χ1v) is 6.86. The van der Waals surface area contributed by atoms with Crippen molar-refractivity contribution in [2.75, 3.05) is 32.8 Å². The van der Waals surface area contributed by atoms with Gasteiger partial charge in [-0.25, -0.2) is 0 Å². The average Bonchev–Trinajstić information content (AvgIpc) is 2.57. The van der Waals surface area contributed by atoms with E-state index in [0.29, 0.717) is 6.04 Å². The molecule has 1 heterocycles. The monoisotopic (exact) mass is 257 g/mol. The second-order valence-electron chi connectivity index (χ2n) is 5.28. The maximum absolute atomic E-state index is 11.6. The molecule has 1 amide bonds. The van der Waals surface area contributed by atoms with Crippen LogP contribution in [0.4, 0.5) is 0 Å². The zero-order valence-electron chi connectivity index (χ0n) is 11.9. The summed E-state index contributed by atoms with van der Waals surface area (Å²) in [6.07, 6.45) is 1.79. The first-order chi connectivity index (χ1) is 8.49. The molecule has 0 aromatic heterocycles. The minimum atomic E-state index is -0.624. The Morgan fingerprint density at radius 1 is 1.50 bits per heavy atom. The van der Waals surface area contributed by atoms with Crippen LogP contribution in [0.2, 0.25) is 0 Å². The molecule has 1 rings (SSSR count). The Bertz CT molecular complexity index is 265. The SMILES string of the molecule is CCNC(C)(CC(C)N1CCCOCC1)C(N)=O. The summed E-state index contributed by atoms with van der Waals surface area (Å²) in [5, 5.41) is 3.21. The Kier molecular flexibility index (Phi) is 6.05. The van der Waals surface area contributed by atoms with Gasteiger partial charge in [-0.3, -0.25) is 9.69 Å². The highest BCUT2D eigenvalue weighted by atomic mass is 16.5. The maximum Gasteiger partial charge on any atom is 0.237 e. The Labute approximate surface area is 110 Å². The number of rotatable bonds is 6. The zero-order chi connectivity index (χ0) is 13.6. The van der Waals surface area contributed by atoms with Crippen LogP contribution in [-0.4, -0.2) is 55.2 Å². The van der Waals surface area contributed by atoms with Crippen LogP contribution >= 0.6 is 0 Å². The van der Waals surface area contributed by atoms with E-state index in [1.54, 1.807) is 0 Å². The van der Waals surface area contributed by atoms with Crippen molar-refractivity contribution in [1.29, 1.82) is 0 Å². The van der Waals surface area contributed by atoms with E-state index in [4.69, 9.17) is 10.5 Å². The highest BCUT2D eigenvalue weighted by molar-refractivity contribution is 5.84. The molecule has 0 aromatic rings. The number of amides is 1. The lowest BCUT2D eigenvalue weighted by Gasteiger charge is -2.35. The topological polar surface area (TPSA) is 67.6 Å². The van der Waals surface area contributed by atoms with Gasteiger partial charge in [0.25, 0.3) is 0 Å². The van der Waals surface area contributed by atoms with Gasteiger partial charge in [0, 0.05) is 25.7 Å². The van der Waals surface area contributed by atoms with E-state index in [2.05, 4.69) is 17.1 Å². The smallest absolute Gasteiger partial charge is 0.237 e. The minimum Gasteiger partial charge on any atom is -0.380 e. The summed E-state index contributed by atoms with van der Waals surface area (Å²) >= 11 is 0. The molecule has 3 N–H and O–H groups in total. The Morgan fingerprint density at radius 2 is 2.22 bits per heavy atom. The molecule has 18 heavy (non-hydrogen) atoms. The number of hydrogen-bond donors (Lipinski definition) is 2. The third kappa shape index (κ3) is 4.23. The van der Waals surface area contributed by atoms with Crippen LogP contribution in [-0.2, 0) is 9.53 Å². The molecular formula is C13H27N3O2. The van der Waals surface area contributed by atoms with Crippen LogP contribution < -0.4 is 11.1 Å². The molecule has 0 saturated carbocycles. The van der Waals surface area contributed by atoms with Gasteiger partial charge in [-0.1, -0.05) is 6.92 Å². The van der Waals surface area contributed by atoms with E-state index in [1.807, 2.05) is 13.8 Å². The Balaban J connectivity index is 2.59. The summed E-state index contributed by atoms with van der Waals surface area (Å²) < 4.78 is 5.45. The van der Waals surface area contributed by atoms with Gasteiger partial charge in [0.2, 0.25) is 5.91 Å². The fourth-order valence-electron chi connectivity index (χ4n) is 2.58. The molecular weight excluding hydrogens is 230 g/mol. The van der Waals surface area contributed by atoms with Crippen molar-refractivity contribution >= 4 is 5.91 Å². The van der Waals surface area contributed by atoms with E-state index in [1.165, 1.54) is 0 Å². The number of nitrogens with zero attached hydrogens (tertiary/aromatic N) is 1. The lowest BCUT2D eigenvalue weighted by atomic mass is 9.92. The van der Waals surface area contributed by atoms with Gasteiger partial charge in [0.1, 0.15) is 0 Å². The lowest BCUT2D eigenvalue weighted by molar-refractivity contribution is -0.124. The van der Waals surface area contributed by atoms with Crippen molar-refractivity contribution in [2.24, 2.45) is 5.73 Å². The normalized spacial score (nSPS) is 23.1. The van der Waals surface area contributed by atoms with Crippen LogP contribution in [0.25, 0.3) is 0 Å². The largest absolute Gasteiger partial charge is 0.380 e. The summed E-state index contributed by atoms with van der Waals surface area (Å²) in [6.45, 7) is 10.4. The maximum atomic E-state index is 11.6. The van der Waals surface area contributed by atoms with Gasteiger partial charge in [0.15, 0.2) is 0 Å². The van der Waals surface area contributed by atoms with E-state index in [9.17, 15) is 4.79 Å². The van der Waals surface area contributed by atoms with Gasteiger partial charge in [-0.05, 0) is 33.2 Å². The second-order valence-corrected chi connectivity index (χ2v) is 5.28. The fourth-order valence-corrected chi connectivity index (χ4v) is 2.58. The summed E-state index contributed by atoms with van der Waals surface area (Å²) in [6, 6.07) is 0.322. The number of carbonyl (C=O) groups is 1. The molecule has 5 heteroatoms. The van der Waals surface area contributed by atoms with E-state index in [-0.39, 0.29) is 5.91 Å². The molecule has 0 aromatic carbocycles. The molecule has 1 aliphatic rings. The van der Waals surface area contributed by atoms with E-state index in [0.717, 1.165) is 45.7 Å². The van der Waals surface area contributed by atoms with Gasteiger partial charge in [-0.15, -0.1) is 0 Å². The molecule has 1 aliphatic heterocycles. The lowest BCUT2D eigenvalue weighted by Crippen LogP contribution is -2.56. The number of ether oxygens (including phenoxy) is 1. The van der Waals surface area contributed by atoms with Gasteiger partial charge in [0.05, 0.1) is 12.1 Å². The predicted molar refractivity (Wildman–Crippen MR) is 72.4 cm³/mol. The van der Waals surface area contributed by atoms with Crippen molar-refractivity contribution in [2.45, 2.75) is 45.2 Å². The molecule has 2 atom stereocenters. The van der Waals surface area contributed by atoms with E-state index < -0.39 is 5.54 Å². The Morgan fingerprint density at radius 3 is 2.83 bits per heavy atom. The number of primary amides is 1. The number of nitrogens with one attached hydrogen (secondary N) is 1. The summed E-state index contributed by atoms with van der Waals surface area (Å²) in [5.74, 6) is -0.276. The summed E-state index contributed by atoms with van der Waals surface area (Å²) in [7, 11) is 0. The summed E-state index contributed by atoms with van der Waals surface area (Å²) in [5.41, 5.74) is 4.90. The van der Waals surface area contributed by atoms with Gasteiger partial charge in [-0.2, -0.15) is 0 Å². The average molecular weight is 257 g/mol. The molecule has 2 unspecified atom stereocenters. The van der Waals surface area contributed by atoms with Crippen LogP contribution in [0.3, 0.4) is 0 Å². The molecule has 1 fully saturated rings. The minimum absolute atomic E-state index is 0.276. The second kappa shape index (κ2) is 7.07. The quantitative estimate of drug-likeness (QED) is 0.720. The molecule has 5 nitrogen and oxygen atoms in total. The molecule has 106 valence electrons. The predicted octanol–water partition coefficient (Wildman–Crippen LogP) is 0.341. The number of carbonyl (C=O) groups excluding carboxylic acids is 1. The third-order valence-electron chi connectivity index (χ3n) is 3.69. The van der Waals surface area contributed by atoms with Crippen LogP contribution in [0.5, 0.6) is 0 Å². The van der Waals surface area contributed by atoms with E-state index >= 15 is 0 Å². The Hall–Kier alpha value is -0.650. The molecule has 0 aliphatic carbocycles. The molecule has 0 radical (unpaired) electrons. The first-order valence-electron chi connectivity index (χ1n) is 6.86. The van der Waals surface area contributed by atoms with Crippen molar-refractivity contribution in [1.82, 2.24) is 10.2 Å². The number of nitrogens with two attached hydrogens (primary N) is 1. The fraction of sp³-hybridized carbons (Fsp3) is 0.923. The number of likely N-dealkylation sites (N-methyl/N-ethyl adjacent to an activating group) is 1. The molecule has 0 bridgehead atoms. The van der Waals surface area contributed by atoms with Gasteiger partial charge >= 0.3 is 0 Å². The first kappa shape index (κ1) is 15.4. The van der Waals surface area contributed by atoms with Crippen LogP contribution in [0.15, 0.2) is 0 Å². The van der Waals surface area contributed by atoms with Crippen LogP contribution in [0, 0.1) is 0 Å². The standard InChI is InChI=1S/C13H27N3O2/c1-4-15-13(3,12(14)17)10-11(2)16-6-5-8-18-9-7-16/h11,15H,4-10H2,1-3H3,(H2,14,17). The van der Waals surface area contributed by atoms with Crippen molar-refractivity contribution in [3.8, 4) is 0 Å².